The summed E-state index contributed by atoms with van der Waals surface area (Å²) in [6.07, 6.45) is 4.13. The molecule has 1 heterocycles. The Balaban J connectivity index is 2.05. The lowest BCUT2D eigenvalue weighted by Gasteiger charge is -2.47. The van der Waals surface area contributed by atoms with Crippen molar-refractivity contribution in [3.05, 3.63) is 0 Å². The van der Waals surface area contributed by atoms with E-state index in [9.17, 15) is 8.94 Å². The number of hydrogen-bond acceptors (Lipinski definition) is 4. The van der Waals surface area contributed by atoms with E-state index in [0.717, 1.165) is 32.1 Å². The maximum absolute atomic E-state index is 13.7. The first-order chi connectivity index (χ1) is 10.3. The second kappa shape index (κ2) is 6.93. The zero-order valence-corrected chi connectivity index (χ0v) is 15.1. The molecule has 2 unspecified atom stereocenters. The predicted octanol–water partition coefficient (Wildman–Crippen LogP) is 3.09. The molecule has 0 bridgehead atoms. The zero-order chi connectivity index (χ0) is 16.4. The van der Waals surface area contributed by atoms with E-state index < -0.39 is 28.6 Å². The number of halogens is 1. The van der Waals surface area contributed by atoms with Crippen molar-refractivity contribution in [2.45, 2.75) is 76.4 Å². The highest BCUT2D eigenvalue weighted by molar-refractivity contribution is 7.90. The lowest BCUT2D eigenvalue weighted by atomic mass is 9.66. The fourth-order valence-electron chi connectivity index (χ4n) is 3.49. The van der Waals surface area contributed by atoms with Crippen molar-refractivity contribution in [1.82, 2.24) is 4.72 Å². The van der Waals surface area contributed by atoms with Crippen molar-refractivity contribution in [2.24, 2.45) is 5.41 Å². The topological polar surface area (TPSA) is 53.5 Å². The highest BCUT2D eigenvalue weighted by atomic mass is 32.2. The van der Waals surface area contributed by atoms with Crippen molar-refractivity contribution in [3.63, 3.8) is 0 Å². The van der Waals surface area contributed by atoms with Crippen molar-refractivity contribution in [1.29, 1.82) is 0 Å². The van der Waals surface area contributed by atoms with Gasteiger partial charge in [-0.2, -0.15) is 0 Å². The third kappa shape index (κ3) is 3.78. The molecule has 0 aromatic carbocycles. The molecule has 1 spiro atoms. The van der Waals surface area contributed by atoms with Gasteiger partial charge in [-0.25, -0.2) is 4.39 Å². The summed E-state index contributed by atoms with van der Waals surface area (Å²) < 4.78 is 40.3. The lowest BCUT2D eigenvalue weighted by molar-refractivity contribution is -0.194. The summed E-state index contributed by atoms with van der Waals surface area (Å²) in [6.45, 7) is 8.61. The van der Waals surface area contributed by atoms with E-state index in [0.29, 0.717) is 13.2 Å². The minimum Gasteiger partial charge on any atom is -0.598 e. The van der Waals surface area contributed by atoms with Gasteiger partial charge in [-0.05, 0) is 45.4 Å². The van der Waals surface area contributed by atoms with E-state index in [1.54, 1.807) is 0 Å². The van der Waals surface area contributed by atoms with Gasteiger partial charge in [-0.1, -0.05) is 6.92 Å². The molecule has 1 aliphatic carbocycles. The fraction of sp³-hybridized carbons (Fsp3) is 1.00. The first-order valence-corrected chi connectivity index (χ1v) is 9.44. The molecule has 0 aromatic heterocycles. The van der Waals surface area contributed by atoms with Crippen LogP contribution in [0.25, 0.3) is 0 Å². The zero-order valence-electron chi connectivity index (χ0n) is 14.2. The summed E-state index contributed by atoms with van der Waals surface area (Å²) in [5.41, 5.74) is -0.170. The maximum Gasteiger partial charge on any atom is 0.168 e. The number of ether oxygens (including phenoxy) is 2. The summed E-state index contributed by atoms with van der Waals surface area (Å²) in [5, 5.41) is 0. The molecule has 130 valence electrons. The molecule has 6 heteroatoms. The van der Waals surface area contributed by atoms with Crippen LogP contribution in [0.1, 0.15) is 59.8 Å². The van der Waals surface area contributed by atoms with Gasteiger partial charge < -0.3 is 14.0 Å². The Morgan fingerprint density at radius 1 is 1.18 bits per heavy atom. The van der Waals surface area contributed by atoms with Gasteiger partial charge in [0.2, 0.25) is 0 Å². The van der Waals surface area contributed by atoms with Crippen LogP contribution in [0.15, 0.2) is 0 Å². The standard InChI is InChI=1S/C16H30FNO3S/c1-5-15(13(12-17)18-22(19)14(2,3)4)6-8-16(9-7-15)20-10-11-21-16/h13,18H,5-12H2,1-4H3. The molecule has 0 radical (unpaired) electrons. The highest BCUT2D eigenvalue weighted by Gasteiger charge is 2.50. The van der Waals surface area contributed by atoms with Crippen molar-refractivity contribution < 1.29 is 18.4 Å². The van der Waals surface area contributed by atoms with Gasteiger partial charge in [-0.3, -0.25) is 0 Å². The average Bonchev–Trinajstić information content (AvgIpc) is 2.93. The minimum atomic E-state index is -1.26. The maximum atomic E-state index is 13.7. The van der Waals surface area contributed by atoms with Gasteiger partial charge in [0.05, 0.1) is 19.3 Å². The molecular weight excluding hydrogens is 305 g/mol. The van der Waals surface area contributed by atoms with Crippen LogP contribution in [0.2, 0.25) is 0 Å². The molecule has 4 nitrogen and oxygen atoms in total. The van der Waals surface area contributed by atoms with Crippen LogP contribution in [-0.2, 0) is 20.8 Å². The Labute approximate surface area is 136 Å². The summed E-state index contributed by atoms with van der Waals surface area (Å²) in [4.78, 5) is 0. The van der Waals surface area contributed by atoms with Gasteiger partial charge in [0.15, 0.2) is 5.79 Å². The third-order valence-corrected chi connectivity index (χ3v) is 6.84. The Morgan fingerprint density at radius 3 is 2.14 bits per heavy atom. The molecule has 0 amide bonds. The second-order valence-corrected chi connectivity index (χ2v) is 9.53. The predicted molar refractivity (Wildman–Crippen MR) is 86.6 cm³/mol. The largest absolute Gasteiger partial charge is 0.598 e. The van der Waals surface area contributed by atoms with E-state index in [1.165, 1.54) is 0 Å². The average molecular weight is 335 g/mol. The molecule has 22 heavy (non-hydrogen) atoms. The van der Waals surface area contributed by atoms with Gasteiger partial charge >= 0.3 is 0 Å². The second-order valence-electron chi connectivity index (χ2n) is 7.53. The summed E-state index contributed by atoms with van der Waals surface area (Å²) in [7, 11) is 0. The van der Waals surface area contributed by atoms with Crippen molar-refractivity contribution >= 4 is 11.4 Å². The van der Waals surface area contributed by atoms with E-state index in [4.69, 9.17) is 9.47 Å². The number of hydrogen-bond donors (Lipinski definition) is 1. The fourth-order valence-corrected chi connectivity index (χ4v) is 4.41. The molecule has 2 rings (SSSR count). The molecule has 1 saturated heterocycles. The van der Waals surface area contributed by atoms with Gasteiger partial charge in [0.1, 0.15) is 11.4 Å². The Morgan fingerprint density at radius 2 is 1.73 bits per heavy atom. The van der Waals surface area contributed by atoms with Gasteiger partial charge in [0, 0.05) is 24.2 Å². The summed E-state index contributed by atoms with van der Waals surface area (Å²) in [5.74, 6) is -0.442. The quantitative estimate of drug-likeness (QED) is 0.785. The van der Waals surface area contributed by atoms with E-state index in [-0.39, 0.29) is 11.5 Å². The molecule has 2 atom stereocenters. The first-order valence-electron chi connectivity index (χ1n) is 8.29. The number of rotatable bonds is 5. The monoisotopic (exact) mass is 335 g/mol. The van der Waals surface area contributed by atoms with Gasteiger partial charge in [0.25, 0.3) is 0 Å². The number of nitrogens with one attached hydrogen (secondary N) is 1. The first kappa shape index (κ1) is 18.5. The van der Waals surface area contributed by atoms with Crippen LogP contribution >= 0.6 is 0 Å². The van der Waals surface area contributed by atoms with Crippen LogP contribution in [0.4, 0.5) is 4.39 Å². The summed E-state index contributed by atoms with van der Waals surface area (Å²) in [6, 6.07) is -0.378. The lowest BCUT2D eigenvalue weighted by Crippen LogP contribution is -2.55. The molecule has 0 aromatic rings. The summed E-state index contributed by atoms with van der Waals surface area (Å²) >= 11 is -1.26. The van der Waals surface area contributed by atoms with E-state index in [1.807, 2.05) is 20.8 Å². The molecular formula is C16H30FNO3S. The molecule has 1 aliphatic heterocycles. The van der Waals surface area contributed by atoms with Crippen LogP contribution in [0.5, 0.6) is 0 Å². The third-order valence-electron chi connectivity index (χ3n) is 5.22. The van der Waals surface area contributed by atoms with Crippen LogP contribution < -0.4 is 4.72 Å². The Bertz CT molecular complexity index is 359. The number of alkyl halides is 1. The van der Waals surface area contributed by atoms with Gasteiger partial charge in [-0.15, -0.1) is 4.72 Å². The van der Waals surface area contributed by atoms with Crippen LogP contribution in [0, 0.1) is 5.41 Å². The minimum absolute atomic E-state index is 0.170. The van der Waals surface area contributed by atoms with Crippen molar-refractivity contribution in [3.8, 4) is 0 Å². The van der Waals surface area contributed by atoms with Crippen LogP contribution in [0.3, 0.4) is 0 Å². The SMILES string of the molecule is CCC1(C(CF)N[S+]([O-])C(C)(C)C)CCC2(CC1)OCCO2. The Hall–Kier alpha value is 0.120. The normalized spacial score (nSPS) is 27.0. The highest BCUT2D eigenvalue weighted by Crippen LogP contribution is 2.48. The van der Waals surface area contributed by atoms with E-state index >= 15 is 0 Å². The van der Waals surface area contributed by atoms with Crippen molar-refractivity contribution in [2.75, 3.05) is 19.9 Å². The van der Waals surface area contributed by atoms with Crippen LogP contribution in [-0.4, -0.2) is 41.0 Å². The Kier molecular flexibility index (Phi) is 5.82. The molecule has 1 saturated carbocycles. The molecule has 2 fully saturated rings. The van der Waals surface area contributed by atoms with E-state index in [2.05, 4.69) is 11.6 Å². The molecule has 1 N–H and O–H groups in total. The smallest absolute Gasteiger partial charge is 0.168 e. The molecule has 2 aliphatic rings.